The summed E-state index contributed by atoms with van der Waals surface area (Å²) in [6.07, 6.45) is 2.34. The van der Waals surface area contributed by atoms with Crippen LogP contribution in [0.4, 0.5) is 4.79 Å². The van der Waals surface area contributed by atoms with E-state index in [0.717, 1.165) is 26.2 Å². The molecule has 2 aliphatic heterocycles. The normalized spacial score (nSPS) is 29.3. The molecule has 1 N–H and O–H groups in total. The first-order valence-electron chi connectivity index (χ1n) is 6.05. The first-order chi connectivity index (χ1) is 7.27. The Labute approximate surface area is 91.6 Å². The third-order valence-corrected chi connectivity index (χ3v) is 3.63. The second-order valence-electron chi connectivity index (χ2n) is 4.41. The molecule has 2 saturated heterocycles. The van der Waals surface area contributed by atoms with Crippen molar-refractivity contribution < 1.29 is 4.79 Å². The summed E-state index contributed by atoms with van der Waals surface area (Å²) in [7, 11) is 0. The number of urea groups is 1. The van der Waals surface area contributed by atoms with Crippen LogP contribution >= 0.6 is 0 Å². The molecule has 2 bridgehead atoms. The first kappa shape index (κ1) is 10.7. The van der Waals surface area contributed by atoms with Crippen LogP contribution in [0.2, 0.25) is 0 Å². The molecule has 2 rings (SSSR count). The summed E-state index contributed by atoms with van der Waals surface area (Å²) in [6, 6.07) is 1.13. The lowest BCUT2D eigenvalue weighted by atomic mass is 10.2. The maximum absolute atomic E-state index is 12.2. The van der Waals surface area contributed by atoms with Gasteiger partial charge in [0.05, 0.1) is 0 Å². The molecule has 0 saturated carbocycles. The van der Waals surface area contributed by atoms with Crippen LogP contribution in [0.25, 0.3) is 0 Å². The van der Waals surface area contributed by atoms with E-state index in [1.807, 2.05) is 18.7 Å². The van der Waals surface area contributed by atoms with Gasteiger partial charge in [0.1, 0.15) is 0 Å². The summed E-state index contributed by atoms with van der Waals surface area (Å²) in [6.45, 7) is 7.68. The van der Waals surface area contributed by atoms with E-state index in [2.05, 4.69) is 10.2 Å². The van der Waals surface area contributed by atoms with E-state index in [1.54, 1.807) is 0 Å². The fourth-order valence-electron chi connectivity index (χ4n) is 2.75. The van der Waals surface area contributed by atoms with Gasteiger partial charge in [0.25, 0.3) is 0 Å². The predicted octanol–water partition coefficient (Wildman–Crippen LogP) is 0.884. The zero-order valence-corrected chi connectivity index (χ0v) is 9.70. The third kappa shape index (κ3) is 1.83. The molecule has 2 fully saturated rings. The minimum atomic E-state index is 0.244. The molecule has 15 heavy (non-hydrogen) atoms. The lowest BCUT2D eigenvalue weighted by Crippen LogP contribution is -2.57. The number of piperazine rings is 1. The highest BCUT2D eigenvalue weighted by molar-refractivity contribution is 5.75. The standard InChI is InChI=1S/C11H21N3O/c1-3-13(4-2)11(15)14-9-5-6-10(14)8-12-7-9/h9-10,12H,3-8H2,1-2H3. The van der Waals surface area contributed by atoms with Crippen molar-refractivity contribution >= 4 is 6.03 Å². The molecular formula is C11H21N3O. The molecule has 86 valence electrons. The van der Waals surface area contributed by atoms with Gasteiger partial charge in [-0.15, -0.1) is 0 Å². The van der Waals surface area contributed by atoms with Crippen LogP contribution in [-0.4, -0.2) is 54.1 Å². The Morgan fingerprint density at radius 1 is 1.27 bits per heavy atom. The molecule has 2 aliphatic rings. The number of hydrogen-bond donors (Lipinski definition) is 1. The topological polar surface area (TPSA) is 35.6 Å². The van der Waals surface area contributed by atoms with Crippen LogP contribution in [-0.2, 0) is 0 Å². The number of rotatable bonds is 2. The minimum absolute atomic E-state index is 0.244. The van der Waals surface area contributed by atoms with Gasteiger partial charge in [-0.05, 0) is 26.7 Å². The molecule has 2 heterocycles. The smallest absolute Gasteiger partial charge is 0.320 e. The first-order valence-corrected chi connectivity index (χ1v) is 6.05. The largest absolute Gasteiger partial charge is 0.325 e. The van der Waals surface area contributed by atoms with Gasteiger partial charge in [-0.25, -0.2) is 4.79 Å². The van der Waals surface area contributed by atoms with Gasteiger partial charge in [-0.2, -0.15) is 0 Å². The average Bonchev–Trinajstić information content (AvgIpc) is 2.50. The molecule has 2 atom stereocenters. The zero-order valence-electron chi connectivity index (χ0n) is 9.70. The van der Waals surface area contributed by atoms with Gasteiger partial charge >= 0.3 is 6.03 Å². The van der Waals surface area contributed by atoms with Gasteiger partial charge in [-0.3, -0.25) is 0 Å². The van der Waals surface area contributed by atoms with Crippen LogP contribution in [0.3, 0.4) is 0 Å². The highest BCUT2D eigenvalue weighted by atomic mass is 16.2. The van der Waals surface area contributed by atoms with Gasteiger partial charge in [0.2, 0.25) is 0 Å². The lowest BCUT2D eigenvalue weighted by molar-refractivity contribution is 0.120. The van der Waals surface area contributed by atoms with Crippen molar-refractivity contribution in [1.29, 1.82) is 0 Å². The second-order valence-corrected chi connectivity index (χ2v) is 4.41. The van der Waals surface area contributed by atoms with Crippen LogP contribution in [0, 0.1) is 0 Å². The van der Waals surface area contributed by atoms with Gasteiger partial charge in [0.15, 0.2) is 0 Å². The zero-order chi connectivity index (χ0) is 10.8. The Morgan fingerprint density at radius 2 is 1.80 bits per heavy atom. The Balaban J connectivity index is 2.06. The number of hydrogen-bond acceptors (Lipinski definition) is 2. The van der Waals surface area contributed by atoms with Gasteiger partial charge in [0, 0.05) is 38.3 Å². The van der Waals surface area contributed by atoms with E-state index >= 15 is 0 Å². The molecule has 0 aromatic rings. The highest BCUT2D eigenvalue weighted by Crippen LogP contribution is 2.27. The SMILES string of the molecule is CCN(CC)C(=O)N1C2CCC1CNC2. The lowest BCUT2D eigenvalue weighted by Gasteiger charge is -2.38. The van der Waals surface area contributed by atoms with Crippen LogP contribution in [0.1, 0.15) is 26.7 Å². The summed E-state index contributed by atoms with van der Waals surface area (Å²) in [5.74, 6) is 0. The summed E-state index contributed by atoms with van der Waals surface area (Å²) >= 11 is 0. The Kier molecular flexibility index (Phi) is 3.14. The molecule has 2 amide bonds. The van der Waals surface area contributed by atoms with Crippen LogP contribution in [0.15, 0.2) is 0 Å². The molecule has 4 heteroatoms. The second kappa shape index (κ2) is 4.39. The van der Waals surface area contributed by atoms with Gasteiger partial charge < -0.3 is 15.1 Å². The number of carbonyl (C=O) groups is 1. The fourth-order valence-corrected chi connectivity index (χ4v) is 2.75. The Hall–Kier alpha value is -0.770. The van der Waals surface area contributed by atoms with E-state index in [-0.39, 0.29) is 6.03 Å². The summed E-state index contributed by atoms with van der Waals surface area (Å²) < 4.78 is 0. The molecule has 0 spiro atoms. The molecule has 0 aliphatic carbocycles. The number of carbonyl (C=O) groups excluding carboxylic acids is 1. The van der Waals surface area contributed by atoms with E-state index in [1.165, 1.54) is 12.8 Å². The molecule has 0 aromatic heterocycles. The maximum atomic E-state index is 12.2. The highest BCUT2D eigenvalue weighted by Gasteiger charge is 2.40. The molecule has 2 unspecified atom stereocenters. The third-order valence-electron chi connectivity index (χ3n) is 3.63. The van der Waals surface area contributed by atoms with E-state index < -0.39 is 0 Å². The fraction of sp³-hybridized carbons (Fsp3) is 0.909. The number of nitrogens with one attached hydrogen (secondary N) is 1. The Bertz CT molecular complexity index is 224. The van der Waals surface area contributed by atoms with Crippen molar-refractivity contribution in [3.8, 4) is 0 Å². The molecule has 0 aromatic carbocycles. The molecule has 4 nitrogen and oxygen atoms in total. The van der Waals surface area contributed by atoms with Crippen molar-refractivity contribution in [2.45, 2.75) is 38.8 Å². The number of amides is 2. The van der Waals surface area contributed by atoms with Crippen molar-refractivity contribution in [1.82, 2.24) is 15.1 Å². The van der Waals surface area contributed by atoms with Crippen molar-refractivity contribution in [2.75, 3.05) is 26.2 Å². The molecule has 0 radical (unpaired) electrons. The predicted molar refractivity (Wildman–Crippen MR) is 59.8 cm³/mol. The summed E-state index contributed by atoms with van der Waals surface area (Å²) in [4.78, 5) is 16.3. The monoisotopic (exact) mass is 211 g/mol. The van der Waals surface area contributed by atoms with E-state index in [9.17, 15) is 4.79 Å². The van der Waals surface area contributed by atoms with Crippen molar-refractivity contribution in [3.63, 3.8) is 0 Å². The molecular weight excluding hydrogens is 190 g/mol. The van der Waals surface area contributed by atoms with Crippen LogP contribution < -0.4 is 5.32 Å². The van der Waals surface area contributed by atoms with Gasteiger partial charge in [-0.1, -0.05) is 0 Å². The quantitative estimate of drug-likeness (QED) is 0.736. The van der Waals surface area contributed by atoms with E-state index in [0.29, 0.717) is 12.1 Å². The summed E-state index contributed by atoms with van der Waals surface area (Å²) in [5.41, 5.74) is 0. The number of nitrogens with zero attached hydrogens (tertiary/aromatic N) is 2. The average molecular weight is 211 g/mol. The van der Waals surface area contributed by atoms with Crippen molar-refractivity contribution in [2.24, 2.45) is 0 Å². The van der Waals surface area contributed by atoms with Crippen molar-refractivity contribution in [3.05, 3.63) is 0 Å². The minimum Gasteiger partial charge on any atom is -0.325 e. The Morgan fingerprint density at radius 3 is 2.27 bits per heavy atom. The summed E-state index contributed by atoms with van der Waals surface area (Å²) in [5, 5.41) is 3.39. The van der Waals surface area contributed by atoms with Crippen LogP contribution in [0.5, 0.6) is 0 Å². The maximum Gasteiger partial charge on any atom is 0.320 e. The number of fused-ring (bicyclic) bond motifs is 2. The van der Waals surface area contributed by atoms with E-state index in [4.69, 9.17) is 0 Å².